The molecule has 0 unspecified atom stereocenters. The van der Waals surface area contributed by atoms with E-state index in [2.05, 4.69) is 20.9 Å². The van der Waals surface area contributed by atoms with E-state index in [0.29, 0.717) is 12.0 Å². The molecule has 0 N–H and O–H groups in total. The number of ketones is 1. The number of aromatic nitrogens is 1. The highest BCUT2D eigenvalue weighted by Gasteiger charge is 2.08. The van der Waals surface area contributed by atoms with Crippen molar-refractivity contribution in [1.82, 2.24) is 4.98 Å². The maximum Gasteiger partial charge on any atom is 0.169 e. The van der Waals surface area contributed by atoms with Crippen molar-refractivity contribution >= 4 is 33.0 Å². The molecule has 0 aliphatic heterocycles. The van der Waals surface area contributed by atoms with Crippen LogP contribution in [0.2, 0.25) is 0 Å². The molecule has 2 aromatic heterocycles. The van der Waals surface area contributed by atoms with E-state index in [4.69, 9.17) is 0 Å². The molecule has 76 valence electrons. The minimum Gasteiger partial charge on any atom is -0.294 e. The van der Waals surface area contributed by atoms with Crippen LogP contribution < -0.4 is 0 Å². The Morgan fingerprint density at radius 2 is 2.33 bits per heavy atom. The first-order chi connectivity index (χ1) is 7.25. The molecule has 0 aromatic carbocycles. The minimum atomic E-state index is 0.103. The Morgan fingerprint density at radius 3 is 3.00 bits per heavy atom. The van der Waals surface area contributed by atoms with Crippen LogP contribution in [0.3, 0.4) is 0 Å². The molecule has 0 saturated heterocycles. The zero-order valence-corrected chi connectivity index (χ0v) is 10.2. The highest BCUT2D eigenvalue weighted by atomic mass is 79.9. The highest BCUT2D eigenvalue weighted by Crippen LogP contribution is 2.15. The molecule has 2 heterocycles. The monoisotopic (exact) mass is 281 g/mol. The molecule has 2 nitrogen and oxygen atoms in total. The lowest BCUT2D eigenvalue weighted by molar-refractivity contribution is 0.0993. The maximum atomic E-state index is 11.8. The summed E-state index contributed by atoms with van der Waals surface area (Å²) in [5.74, 6) is 0.103. The number of nitrogens with zero attached hydrogens (tertiary/aromatic N) is 1. The van der Waals surface area contributed by atoms with Crippen LogP contribution in [-0.4, -0.2) is 10.8 Å². The Morgan fingerprint density at radius 1 is 1.47 bits per heavy atom. The molecule has 0 bridgehead atoms. The summed E-state index contributed by atoms with van der Waals surface area (Å²) in [5.41, 5.74) is 0.651. The summed E-state index contributed by atoms with van der Waals surface area (Å²) in [6.07, 6.45) is 3.72. The van der Waals surface area contributed by atoms with Gasteiger partial charge in [0.2, 0.25) is 0 Å². The lowest BCUT2D eigenvalue weighted by Gasteiger charge is -1.98. The van der Waals surface area contributed by atoms with Crippen LogP contribution >= 0.6 is 27.3 Å². The number of hydrogen-bond donors (Lipinski definition) is 0. The van der Waals surface area contributed by atoms with Crippen molar-refractivity contribution in [2.24, 2.45) is 0 Å². The fourth-order valence-electron chi connectivity index (χ4n) is 1.24. The van der Waals surface area contributed by atoms with Crippen molar-refractivity contribution in [1.29, 1.82) is 0 Å². The summed E-state index contributed by atoms with van der Waals surface area (Å²) in [7, 11) is 0. The Hall–Kier alpha value is -1.00. The number of halogens is 1. The Kier molecular flexibility index (Phi) is 3.28. The fourth-order valence-corrected chi connectivity index (χ4v) is 2.31. The molecule has 4 heteroatoms. The second-order valence-electron chi connectivity index (χ2n) is 3.07. The minimum absolute atomic E-state index is 0.103. The molecular weight excluding hydrogens is 274 g/mol. The average molecular weight is 282 g/mol. The van der Waals surface area contributed by atoms with Gasteiger partial charge in [0, 0.05) is 33.7 Å². The number of hydrogen-bond acceptors (Lipinski definition) is 3. The van der Waals surface area contributed by atoms with Crippen molar-refractivity contribution < 1.29 is 4.79 Å². The molecule has 0 fully saturated rings. The molecule has 15 heavy (non-hydrogen) atoms. The van der Waals surface area contributed by atoms with Gasteiger partial charge in [-0.1, -0.05) is 6.07 Å². The van der Waals surface area contributed by atoms with Gasteiger partial charge >= 0.3 is 0 Å². The summed E-state index contributed by atoms with van der Waals surface area (Å²) in [5, 5.41) is 1.97. The molecule has 0 amide bonds. The van der Waals surface area contributed by atoms with Gasteiger partial charge in [-0.05, 0) is 33.4 Å². The summed E-state index contributed by atoms with van der Waals surface area (Å²) in [4.78, 5) is 16.9. The Labute approximate surface area is 100 Å². The maximum absolute atomic E-state index is 11.8. The first-order valence-corrected chi connectivity index (χ1v) is 6.09. The average Bonchev–Trinajstić information content (AvgIpc) is 2.70. The van der Waals surface area contributed by atoms with Gasteiger partial charge in [0.15, 0.2) is 5.78 Å². The second kappa shape index (κ2) is 4.68. The molecule has 0 atom stereocenters. The van der Waals surface area contributed by atoms with E-state index in [1.54, 1.807) is 29.8 Å². The lowest BCUT2D eigenvalue weighted by atomic mass is 10.1. The van der Waals surface area contributed by atoms with Crippen molar-refractivity contribution in [2.45, 2.75) is 6.42 Å². The molecule has 0 saturated carbocycles. The van der Waals surface area contributed by atoms with Crippen LogP contribution in [-0.2, 0) is 6.42 Å². The highest BCUT2D eigenvalue weighted by molar-refractivity contribution is 9.10. The smallest absolute Gasteiger partial charge is 0.169 e. The van der Waals surface area contributed by atoms with Crippen LogP contribution in [0, 0.1) is 0 Å². The van der Waals surface area contributed by atoms with Crippen LogP contribution in [0.1, 0.15) is 15.2 Å². The standard InChI is InChI=1S/C11H8BrNOS/c12-9-4-8(6-13-7-9)11(14)5-10-2-1-3-15-10/h1-4,6-7H,5H2. The topological polar surface area (TPSA) is 30.0 Å². The molecular formula is C11H8BrNOS. The molecule has 0 aliphatic carbocycles. The van der Waals surface area contributed by atoms with E-state index in [-0.39, 0.29) is 5.78 Å². The summed E-state index contributed by atoms with van der Waals surface area (Å²) in [6.45, 7) is 0. The van der Waals surface area contributed by atoms with Crippen molar-refractivity contribution in [3.63, 3.8) is 0 Å². The van der Waals surface area contributed by atoms with E-state index in [9.17, 15) is 4.79 Å². The normalized spacial score (nSPS) is 10.2. The number of Topliss-reactive ketones (excluding diaryl/α,β-unsaturated/α-hetero) is 1. The first kappa shape index (κ1) is 10.5. The van der Waals surface area contributed by atoms with Crippen LogP contribution in [0.15, 0.2) is 40.4 Å². The van der Waals surface area contributed by atoms with Gasteiger partial charge in [-0.25, -0.2) is 0 Å². The summed E-state index contributed by atoms with van der Waals surface area (Å²) >= 11 is 4.89. The van der Waals surface area contributed by atoms with Gasteiger partial charge in [-0.2, -0.15) is 0 Å². The van der Waals surface area contributed by atoms with E-state index in [1.807, 2.05) is 17.5 Å². The quantitative estimate of drug-likeness (QED) is 0.808. The van der Waals surface area contributed by atoms with Gasteiger partial charge in [0.1, 0.15) is 0 Å². The summed E-state index contributed by atoms with van der Waals surface area (Å²) < 4.78 is 0.833. The van der Waals surface area contributed by atoms with Gasteiger partial charge in [-0.3, -0.25) is 9.78 Å². The van der Waals surface area contributed by atoms with Crippen molar-refractivity contribution in [2.75, 3.05) is 0 Å². The number of rotatable bonds is 3. The SMILES string of the molecule is O=C(Cc1cccs1)c1cncc(Br)c1. The Balaban J connectivity index is 2.15. The third-order valence-electron chi connectivity index (χ3n) is 1.94. The second-order valence-corrected chi connectivity index (χ2v) is 5.02. The number of carbonyl (C=O) groups is 1. The van der Waals surface area contributed by atoms with Crippen molar-refractivity contribution in [3.05, 3.63) is 50.9 Å². The largest absolute Gasteiger partial charge is 0.294 e. The zero-order valence-electron chi connectivity index (χ0n) is 7.81. The van der Waals surface area contributed by atoms with Crippen LogP contribution in [0.4, 0.5) is 0 Å². The van der Waals surface area contributed by atoms with Gasteiger partial charge in [-0.15, -0.1) is 11.3 Å². The molecule has 2 rings (SSSR count). The first-order valence-electron chi connectivity index (χ1n) is 4.42. The van der Waals surface area contributed by atoms with E-state index >= 15 is 0 Å². The van der Waals surface area contributed by atoms with Gasteiger partial charge < -0.3 is 0 Å². The third kappa shape index (κ3) is 2.73. The van der Waals surface area contributed by atoms with E-state index in [0.717, 1.165) is 9.35 Å². The molecule has 0 aliphatic rings. The number of pyridine rings is 1. The van der Waals surface area contributed by atoms with Crippen LogP contribution in [0.25, 0.3) is 0 Å². The van der Waals surface area contributed by atoms with Gasteiger partial charge in [0.05, 0.1) is 0 Å². The zero-order chi connectivity index (χ0) is 10.7. The summed E-state index contributed by atoms with van der Waals surface area (Å²) in [6, 6.07) is 5.71. The lowest BCUT2D eigenvalue weighted by Crippen LogP contribution is -2.02. The van der Waals surface area contributed by atoms with Crippen molar-refractivity contribution in [3.8, 4) is 0 Å². The number of thiophene rings is 1. The predicted molar refractivity (Wildman–Crippen MR) is 64.3 cm³/mol. The Bertz CT molecular complexity index is 467. The molecule has 2 aromatic rings. The van der Waals surface area contributed by atoms with E-state index < -0.39 is 0 Å². The third-order valence-corrected chi connectivity index (χ3v) is 3.25. The van der Waals surface area contributed by atoms with E-state index in [1.165, 1.54) is 0 Å². The predicted octanol–water partition coefficient (Wildman–Crippen LogP) is 3.33. The molecule has 0 radical (unpaired) electrons. The number of carbonyl (C=O) groups excluding carboxylic acids is 1. The van der Waals surface area contributed by atoms with Crippen LogP contribution in [0.5, 0.6) is 0 Å². The molecule has 0 spiro atoms. The van der Waals surface area contributed by atoms with Gasteiger partial charge in [0.25, 0.3) is 0 Å². The fraction of sp³-hybridized carbons (Fsp3) is 0.0909.